The molecule has 0 aromatic rings. The van der Waals surface area contributed by atoms with Gasteiger partial charge in [0.25, 0.3) is 0 Å². The van der Waals surface area contributed by atoms with Gasteiger partial charge >= 0.3 is 5.97 Å². The lowest BCUT2D eigenvalue weighted by Crippen LogP contribution is -2.36. The summed E-state index contributed by atoms with van der Waals surface area (Å²) in [4.78, 5) is 10.4. The highest BCUT2D eigenvalue weighted by atomic mass is 16.4. The molecule has 2 N–H and O–H groups in total. The number of carboxylic acids is 1. The second-order valence-corrected chi connectivity index (χ2v) is 4.90. The highest BCUT2D eigenvalue weighted by molar-refractivity contribution is 5.85. The maximum absolute atomic E-state index is 10.4. The van der Waals surface area contributed by atoms with Gasteiger partial charge in [-0.1, -0.05) is 13.0 Å². The normalized spacial score (nSPS) is 11.4. The quantitative estimate of drug-likeness (QED) is 0.505. The zero-order chi connectivity index (χ0) is 11.9. The first-order valence-electron chi connectivity index (χ1n) is 5.49. The Labute approximate surface area is 92.6 Å². The summed E-state index contributed by atoms with van der Waals surface area (Å²) >= 11 is 0. The van der Waals surface area contributed by atoms with Gasteiger partial charge in [-0.25, -0.2) is 4.79 Å². The molecular weight excluding hydrogens is 190 g/mol. The van der Waals surface area contributed by atoms with E-state index in [1.807, 2.05) is 0 Å². The highest BCUT2D eigenvalue weighted by Gasteiger charge is 2.07. The molecule has 0 aliphatic carbocycles. The third-order valence-electron chi connectivity index (χ3n) is 2.11. The van der Waals surface area contributed by atoms with Crippen LogP contribution in [0.4, 0.5) is 0 Å². The van der Waals surface area contributed by atoms with Crippen LogP contribution in [-0.4, -0.2) is 23.2 Å². The van der Waals surface area contributed by atoms with Gasteiger partial charge < -0.3 is 10.4 Å². The average Bonchev–Trinajstić information content (AvgIpc) is 2.08. The van der Waals surface area contributed by atoms with Crippen molar-refractivity contribution < 1.29 is 9.90 Å². The molecule has 88 valence electrons. The van der Waals surface area contributed by atoms with Crippen LogP contribution in [0.5, 0.6) is 0 Å². The van der Waals surface area contributed by atoms with Crippen molar-refractivity contribution in [2.24, 2.45) is 0 Å². The van der Waals surface area contributed by atoms with Gasteiger partial charge in [0.15, 0.2) is 0 Å². The predicted molar refractivity (Wildman–Crippen MR) is 63.0 cm³/mol. The van der Waals surface area contributed by atoms with Crippen molar-refractivity contribution in [2.75, 3.05) is 6.54 Å². The molecule has 0 saturated carbocycles. The predicted octanol–water partition coefficient (Wildman–Crippen LogP) is 2.58. The van der Waals surface area contributed by atoms with Crippen LogP contribution >= 0.6 is 0 Å². The van der Waals surface area contributed by atoms with Crippen LogP contribution in [0.1, 0.15) is 46.5 Å². The van der Waals surface area contributed by atoms with Gasteiger partial charge in [-0.2, -0.15) is 0 Å². The maximum Gasteiger partial charge on any atom is 0.330 e. The Morgan fingerprint density at radius 3 is 2.33 bits per heavy atom. The van der Waals surface area contributed by atoms with Crippen molar-refractivity contribution in [3.05, 3.63) is 12.2 Å². The van der Waals surface area contributed by atoms with Crippen LogP contribution < -0.4 is 5.32 Å². The van der Waals surface area contributed by atoms with Crippen molar-refractivity contribution in [1.82, 2.24) is 5.32 Å². The number of hydrogen-bond donors (Lipinski definition) is 2. The first kappa shape index (κ1) is 14.2. The summed E-state index contributed by atoms with van der Waals surface area (Å²) in [6, 6.07) is 0. The fraction of sp³-hybridized carbons (Fsp3) is 0.750. The third kappa shape index (κ3) is 9.47. The summed E-state index contributed by atoms with van der Waals surface area (Å²) in [7, 11) is 0. The lowest BCUT2D eigenvalue weighted by Gasteiger charge is -2.20. The average molecular weight is 213 g/mol. The molecule has 0 unspecified atom stereocenters. The smallest absolute Gasteiger partial charge is 0.330 e. The third-order valence-corrected chi connectivity index (χ3v) is 2.11. The molecule has 3 heteroatoms. The second kappa shape index (κ2) is 6.62. The first-order valence-corrected chi connectivity index (χ1v) is 5.49. The van der Waals surface area contributed by atoms with Crippen molar-refractivity contribution >= 4 is 5.97 Å². The summed E-state index contributed by atoms with van der Waals surface area (Å²) in [6.07, 6.45) is 3.65. The molecule has 0 heterocycles. The molecule has 0 rings (SSSR count). The number of unbranched alkanes of at least 4 members (excludes halogenated alkanes) is 2. The summed E-state index contributed by atoms with van der Waals surface area (Å²) in [5.74, 6) is -0.872. The van der Waals surface area contributed by atoms with E-state index in [0.717, 1.165) is 25.8 Å². The SMILES string of the molecule is C=C(CCCCCNC(C)(C)C)C(=O)O. The largest absolute Gasteiger partial charge is 0.478 e. The Hall–Kier alpha value is -0.830. The highest BCUT2D eigenvalue weighted by Crippen LogP contribution is 2.07. The maximum atomic E-state index is 10.4. The molecule has 0 saturated heterocycles. The minimum atomic E-state index is -0.872. The standard InChI is InChI=1S/C12H23NO2/c1-10(11(14)15)8-6-5-7-9-13-12(2,3)4/h13H,1,5-9H2,2-4H3,(H,14,15). The van der Waals surface area contributed by atoms with Gasteiger partial charge in [-0.3, -0.25) is 0 Å². The van der Waals surface area contributed by atoms with Crippen LogP contribution in [0.15, 0.2) is 12.2 Å². The van der Waals surface area contributed by atoms with Gasteiger partial charge in [0.2, 0.25) is 0 Å². The lowest BCUT2D eigenvalue weighted by atomic mass is 10.1. The van der Waals surface area contributed by atoms with Crippen molar-refractivity contribution in [2.45, 2.75) is 52.0 Å². The zero-order valence-corrected chi connectivity index (χ0v) is 10.1. The van der Waals surface area contributed by atoms with Gasteiger partial charge in [-0.15, -0.1) is 0 Å². The number of carboxylic acid groups (broad SMARTS) is 1. The molecule has 0 amide bonds. The Balaban J connectivity index is 3.33. The topological polar surface area (TPSA) is 49.3 Å². The van der Waals surface area contributed by atoms with Crippen LogP contribution in [0.3, 0.4) is 0 Å². The molecule has 0 aliphatic rings. The van der Waals surface area contributed by atoms with E-state index in [9.17, 15) is 4.79 Å². The molecular formula is C12H23NO2. The fourth-order valence-electron chi connectivity index (χ4n) is 1.21. The minimum Gasteiger partial charge on any atom is -0.478 e. The van der Waals surface area contributed by atoms with E-state index in [2.05, 4.69) is 32.7 Å². The number of hydrogen-bond acceptors (Lipinski definition) is 2. The number of rotatable bonds is 7. The van der Waals surface area contributed by atoms with E-state index in [-0.39, 0.29) is 5.54 Å². The number of aliphatic carboxylic acids is 1. The van der Waals surface area contributed by atoms with E-state index < -0.39 is 5.97 Å². The molecule has 0 aromatic heterocycles. The molecule has 0 aromatic carbocycles. The Morgan fingerprint density at radius 1 is 1.27 bits per heavy atom. The monoisotopic (exact) mass is 213 g/mol. The molecule has 0 spiro atoms. The summed E-state index contributed by atoms with van der Waals surface area (Å²) in [5.41, 5.74) is 0.490. The van der Waals surface area contributed by atoms with Crippen LogP contribution in [-0.2, 0) is 4.79 Å². The van der Waals surface area contributed by atoms with E-state index in [0.29, 0.717) is 12.0 Å². The molecule has 0 fully saturated rings. The number of carbonyl (C=O) groups is 1. The van der Waals surface area contributed by atoms with Crippen LogP contribution in [0.25, 0.3) is 0 Å². The van der Waals surface area contributed by atoms with E-state index in [4.69, 9.17) is 5.11 Å². The molecule has 0 aliphatic heterocycles. The molecule has 0 bridgehead atoms. The molecule has 15 heavy (non-hydrogen) atoms. The van der Waals surface area contributed by atoms with Crippen molar-refractivity contribution in [1.29, 1.82) is 0 Å². The van der Waals surface area contributed by atoms with Gasteiger partial charge in [0.05, 0.1) is 0 Å². The van der Waals surface area contributed by atoms with Gasteiger partial charge in [0, 0.05) is 11.1 Å². The van der Waals surface area contributed by atoms with E-state index in [1.54, 1.807) is 0 Å². The Bertz CT molecular complexity index is 216. The molecule has 0 radical (unpaired) electrons. The molecule has 3 nitrogen and oxygen atoms in total. The van der Waals surface area contributed by atoms with Gasteiger partial charge in [-0.05, 0) is 46.6 Å². The summed E-state index contributed by atoms with van der Waals surface area (Å²) in [5, 5.41) is 12.0. The molecule has 0 atom stereocenters. The number of nitrogens with one attached hydrogen (secondary N) is 1. The van der Waals surface area contributed by atoms with Crippen molar-refractivity contribution in [3.8, 4) is 0 Å². The fourth-order valence-corrected chi connectivity index (χ4v) is 1.21. The van der Waals surface area contributed by atoms with Crippen LogP contribution in [0.2, 0.25) is 0 Å². The lowest BCUT2D eigenvalue weighted by molar-refractivity contribution is -0.132. The zero-order valence-electron chi connectivity index (χ0n) is 10.1. The minimum absolute atomic E-state index is 0.171. The van der Waals surface area contributed by atoms with Crippen molar-refractivity contribution in [3.63, 3.8) is 0 Å². The Kier molecular flexibility index (Phi) is 6.25. The summed E-state index contributed by atoms with van der Waals surface area (Å²) < 4.78 is 0. The Morgan fingerprint density at radius 2 is 1.87 bits per heavy atom. The summed E-state index contributed by atoms with van der Waals surface area (Å²) in [6.45, 7) is 10.9. The first-order chi connectivity index (χ1) is 6.83. The van der Waals surface area contributed by atoms with Gasteiger partial charge in [0.1, 0.15) is 0 Å². The van der Waals surface area contributed by atoms with Crippen LogP contribution in [0, 0.1) is 0 Å². The van der Waals surface area contributed by atoms with E-state index in [1.165, 1.54) is 0 Å². The van der Waals surface area contributed by atoms with E-state index >= 15 is 0 Å². The second-order valence-electron chi connectivity index (χ2n) is 4.90.